The lowest BCUT2D eigenvalue weighted by Crippen LogP contribution is -2.46. The summed E-state index contributed by atoms with van der Waals surface area (Å²) in [6.07, 6.45) is 7.00. The topological polar surface area (TPSA) is 58.4 Å². The number of likely N-dealkylation sites (tertiary alicyclic amines) is 1. The van der Waals surface area contributed by atoms with Gasteiger partial charge in [-0.1, -0.05) is 12.1 Å². The molecule has 0 radical (unpaired) electrons. The third-order valence-corrected chi connectivity index (χ3v) is 5.28. The van der Waals surface area contributed by atoms with Gasteiger partial charge >= 0.3 is 0 Å². The standard InChI is InChI=1S/C20H24N4O2/c1-22(13-15-3-6-18(7-4-15)24-12-2-11-21-24)20(26)16-5-10-19(25)23(14-16)17-8-9-17/h2-4,6-7,11-12,16-17H,5,8-10,13-14H2,1H3. The fourth-order valence-corrected chi connectivity index (χ4v) is 3.65. The second kappa shape index (κ2) is 6.94. The van der Waals surface area contributed by atoms with Crippen LogP contribution in [0.5, 0.6) is 0 Å². The van der Waals surface area contributed by atoms with Gasteiger partial charge in [-0.05, 0) is 43.0 Å². The molecule has 2 amide bonds. The van der Waals surface area contributed by atoms with Crippen molar-refractivity contribution < 1.29 is 9.59 Å². The SMILES string of the molecule is CN(Cc1ccc(-n2cccn2)cc1)C(=O)C1CCC(=O)N(C2CC2)C1. The maximum Gasteiger partial charge on any atom is 0.227 e. The van der Waals surface area contributed by atoms with Gasteiger partial charge in [-0.2, -0.15) is 5.10 Å². The lowest BCUT2D eigenvalue weighted by molar-refractivity contribution is -0.143. The summed E-state index contributed by atoms with van der Waals surface area (Å²) in [5.41, 5.74) is 2.08. The monoisotopic (exact) mass is 352 g/mol. The number of piperidine rings is 1. The Morgan fingerprint density at radius 3 is 2.65 bits per heavy atom. The summed E-state index contributed by atoms with van der Waals surface area (Å²) in [4.78, 5) is 28.6. The first-order valence-electron chi connectivity index (χ1n) is 9.25. The molecule has 1 saturated heterocycles. The van der Waals surface area contributed by atoms with Crippen LogP contribution < -0.4 is 0 Å². The molecule has 1 atom stereocenters. The number of rotatable bonds is 5. The van der Waals surface area contributed by atoms with E-state index in [-0.39, 0.29) is 17.7 Å². The van der Waals surface area contributed by atoms with Gasteiger partial charge in [0.05, 0.1) is 11.6 Å². The summed E-state index contributed by atoms with van der Waals surface area (Å²) in [5.74, 6) is 0.286. The summed E-state index contributed by atoms with van der Waals surface area (Å²) >= 11 is 0. The fourth-order valence-electron chi connectivity index (χ4n) is 3.65. The van der Waals surface area contributed by atoms with Crippen LogP contribution in [0, 0.1) is 5.92 Å². The minimum absolute atomic E-state index is 0.0679. The Labute approximate surface area is 153 Å². The molecular formula is C20H24N4O2. The Bertz CT molecular complexity index is 781. The van der Waals surface area contributed by atoms with Crippen molar-refractivity contribution in [2.75, 3.05) is 13.6 Å². The van der Waals surface area contributed by atoms with Gasteiger partial charge in [-0.25, -0.2) is 4.68 Å². The summed E-state index contributed by atoms with van der Waals surface area (Å²) < 4.78 is 1.81. The second-order valence-electron chi connectivity index (χ2n) is 7.32. The Balaban J connectivity index is 1.37. The highest BCUT2D eigenvalue weighted by Gasteiger charge is 2.39. The van der Waals surface area contributed by atoms with Crippen LogP contribution in [0.15, 0.2) is 42.7 Å². The smallest absolute Gasteiger partial charge is 0.227 e. The van der Waals surface area contributed by atoms with Crippen LogP contribution in [0.25, 0.3) is 5.69 Å². The Kier molecular flexibility index (Phi) is 4.49. The van der Waals surface area contributed by atoms with Gasteiger partial charge in [0.25, 0.3) is 0 Å². The summed E-state index contributed by atoms with van der Waals surface area (Å²) in [6.45, 7) is 1.16. The van der Waals surface area contributed by atoms with E-state index in [1.807, 2.05) is 53.2 Å². The first kappa shape index (κ1) is 16.8. The maximum atomic E-state index is 12.8. The number of carbonyl (C=O) groups excluding carboxylic acids is 2. The van der Waals surface area contributed by atoms with Crippen molar-refractivity contribution in [3.63, 3.8) is 0 Å². The van der Waals surface area contributed by atoms with E-state index in [0.29, 0.717) is 32.0 Å². The fraction of sp³-hybridized carbons (Fsp3) is 0.450. The van der Waals surface area contributed by atoms with Crippen molar-refractivity contribution in [1.82, 2.24) is 19.6 Å². The Morgan fingerprint density at radius 2 is 2.00 bits per heavy atom. The molecule has 2 heterocycles. The average Bonchev–Trinajstić information content (AvgIpc) is 3.35. The van der Waals surface area contributed by atoms with E-state index < -0.39 is 0 Å². The highest BCUT2D eigenvalue weighted by molar-refractivity contribution is 5.84. The highest BCUT2D eigenvalue weighted by Crippen LogP contribution is 2.32. The summed E-state index contributed by atoms with van der Waals surface area (Å²) in [6, 6.07) is 10.4. The van der Waals surface area contributed by atoms with Crippen LogP contribution in [0.3, 0.4) is 0 Å². The van der Waals surface area contributed by atoms with Crippen LogP contribution in [-0.2, 0) is 16.1 Å². The number of carbonyl (C=O) groups is 2. The van der Waals surface area contributed by atoms with Gasteiger partial charge in [0.1, 0.15) is 0 Å². The average molecular weight is 352 g/mol. The largest absolute Gasteiger partial charge is 0.341 e. The van der Waals surface area contributed by atoms with Gasteiger partial charge in [0.2, 0.25) is 11.8 Å². The van der Waals surface area contributed by atoms with Crippen molar-refractivity contribution >= 4 is 11.8 Å². The van der Waals surface area contributed by atoms with Crippen LogP contribution in [-0.4, -0.2) is 51.0 Å². The third-order valence-electron chi connectivity index (χ3n) is 5.28. The van der Waals surface area contributed by atoms with Crippen molar-refractivity contribution in [1.29, 1.82) is 0 Å². The van der Waals surface area contributed by atoms with E-state index in [4.69, 9.17) is 0 Å². The Morgan fingerprint density at radius 1 is 1.23 bits per heavy atom. The van der Waals surface area contributed by atoms with Crippen LogP contribution >= 0.6 is 0 Å². The lowest BCUT2D eigenvalue weighted by Gasteiger charge is -2.34. The van der Waals surface area contributed by atoms with E-state index in [9.17, 15) is 9.59 Å². The van der Waals surface area contributed by atoms with E-state index in [1.54, 1.807) is 11.1 Å². The second-order valence-corrected chi connectivity index (χ2v) is 7.32. The first-order valence-corrected chi connectivity index (χ1v) is 9.25. The summed E-state index contributed by atoms with van der Waals surface area (Å²) in [7, 11) is 1.85. The Hall–Kier alpha value is -2.63. The zero-order valence-corrected chi connectivity index (χ0v) is 15.0. The van der Waals surface area contributed by atoms with E-state index in [2.05, 4.69) is 5.10 Å². The minimum Gasteiger partial charge on any atom is -0.341 e. The molecule has 0 N–H and O–H groups in total. The predicted octanol–water partition coefficient (Wildman–Crippen LogP) is 2.23. The lowest BCUT2D eigenvalue weighted by atomic mass is 9.95. The van der Waals surface area contributed by atoms with Gasteiger partial charge in [0, 0.05) is 45.0 Å². The van der Waals surface area contributed by atoms with Crippen LogP contribution in [0.2, 0.25) is 0 Å². The van der Waals surface area contributed by atoms with Crippen LogP contribution in [0.4, 0.5) is 0 Å². The molecule has 1 unspecified atom stereocenters. The molecular weight excluding hydrogens is 328 g/mol. The molecule has 1 aromatic carbocycles. The number of hydrogen-bond donors (Lipinski definition) is 0. The van der Waals surface area contributed by atoms with Gasteiger partial charge in [-0.3, -0.25) is 9.59 Å². The molecule has 1 aliphatic carbocycles. The molecule has 6 heteroatoms. The molecule has 6 nitrogen and oxygen atoms in total. The summed E-state index contributed by atoms with van der Waals surface area (Å²) in [5, 5.41) is 4.22. The molecule has 1 saturated carbocycles. The predicted molar refractivity (Wildman–Crippen MR) is 97.5 cm³/mol. The molecule has 136 valence electrons. The number of nitrogens with zero attached hydrogens (tertiary/aromatic N) is 4. The van der Waals surface area contributed by atoms with E-state index in [1.165, 1.54) is 0 Å². The molecule has 2 fully saturated rings. The van der Waals surface area contributed by atoms with E-state index >= 15 is 0 Å². The molecule has 0 bridgehead atoms. The highest BCUT2D eigenvalue weighted by atomic mass is 16.2. The number of hydrogen-bond acceptors (Lipinski definition) is 3. The molecule has 2 aromatic rings. The zero-order chi connectivity index (χ0) is 18.1. The van der Waals surface area contributed by atoms with Crippen LogP contribution in [0.1, 0.15) is 31.2 Å². The van der Waals surface area contributed by atoms with Crippen molar-refractivity contribution in [3.8, 4) is 5.69 Å². The van der Waals surface area contributed by atoms with Crippen molar-refractivity contribution in [3.05, 3.63) is 48.3 Å². The number of benzene rings is 1. The minimum atomic E-state index is -0.0679. The normalized spacial score (nSPS) is 20.3. The molecule has 1 aliphatic heterocycles. The molecule has 4 rings (SSSR count). The van der Waals surface area contributed by atoms with Crippen molar-refractivity contribution in [2.24, 2.45) is 5.92 Å². The quantitative estimate of drug-likeness (QED) is 0.829. The van der Waals surface area contributed by atoms with Crippen molar-refractivity contribution in [2.45, 2.75) is 38.3 Å². The number of aromatic nitrogens is 2. The zero-order valence-electron chi connectivity index (χ0n) is 15.0. The molecule has 2 aliphatic rings. The molecule has 1 aromatic heterocycles. The first-order chi connectivity index (χ1) is 12.6. The van der Waals surface area contributed by atoms with Gasteiger partial charge in [-0.15, -0.1) is 0 Å². The molecule has 0 spiro atoms. The van der Waals surface area contributed by atoms with Gasteiger partial charge in [0.15, 0.2) is 0 Å². The maximum absolute atomic E-state index is 12.8. The molecule has 26 heavy (non-hydrogen) atoms. The number of amides is 2. The van der Waals surface area contributed by atoms with E-state index in [0.717, 1.165) is 24.1 Å². The third kappa shape index (κ3) is 3.49. The van der Waals surface area contributed by atoms with Gasteiger partial charge < -0.3 is 9.80 Å².